The Bertz CT molecular complexity index is 834. The normalized spacial score (nSPS) is 10.1. The number of rotatable bonds is 12. The highest BCUT2D eigenvalue weighted by molar-refractivity contribution is 5.95. The van der Waals surface area contributed by atoms with Crippen molar-refractivity contribution in [1.29, 1.82) is 5.26 Å². The molecule has 8 nitrogen and oxygen atoms in total. The predicted octanol–water partition coefficient (Wildman–Crippen LogP) is 2.45. The van der Waals surface area contributed by atoms with Crippen molar-refractivity contribution in [1.82, 2.24) is 10.3 Å². The molecule has 1 N–H and O–H groups in total. The molecule has 158 valence electrons. The van der Waals surface area contributed by atoms with Crippen LogP contribution in [0.3, 0.4) is 0 Å². The first-order valence-electron chi connectivity index (χ1n) is 9.69. The second-order valence-electron chi connectivity index (χ2n) is 6.41. The highest BCUT2D eigenvalue weighted by Gasteiger charge is 2.16. The van der Waals surface area contributed by atoms with E-state index in [0.29, 0.717) is 32.2 Å². The van der Waals surface area contributed by atoms with Gasteiger partial charge in [-0.15, -0.1) is 0 Å². The zero-order valence-electron chi connectivity index (χ0n) is 17.0. The number of carbonyl (C=O) groups is 2. The van der Waals surface area contributed by atoms with E-state index in [2.05, 4.69) is 10.3 Å². The maximum absolute atomic E-state index is 12.6. The Kier molecular flexibility index (Phi) is 9.83. The molecule has 0 aliphatic carbocycles. The number of para-hydroxylation sites is 1. The number of nitrogens with one attached hydrogen (secondary N) is 1. The van der Waals surface area contributed by atoms with Gasteiger partial charge in [0.15, 0.2) is 0 Å². The molecule has 1 aromatic heterocycles. The van der Waals surface area contributed by atoms with Crippen molar-refractivity contribution in [2.75, 3.05) is 31.8 Å². The van der Waals surface area contributed by atoms with Crippen molar-refractivity contribution in [2.24, 2.45) is 0 Å². The molecule has 0 atom stereocenters. The lowest BCUT2D eigenvalue weighted by molar-refractivity contribution is -0.125. The minimum atomic E-state index is -0.225. The van der Waals surface area contributed by atoms with E-state index in [0.717, 1.165) is 11.3 Å². The molecule has 0 spiro atoms. The first-order valence-corrected chi connectivity index (χ1v) is 9.69. The maximum Gasteiger partial charge on any atom is 0.227 e. The Balaban J connectivity index is 1.78. The highest BCUT2D eigenvalue weighted by atomic mass is 16.5. The van der Waals surface area contributed by atoms with Crippen LogP contribution in [-0.2, 0) is 20.9 Å². The van der Waals surface area contributed by atoms with Gasteiger partial charge in [-0.2, -0.15) is 5.26 Å². The Morgan fingerprint density at radius 3 is 2.60 bits per heavy atom. The molecule has 1 aromatic carbocycles. The molecule has 0 saturated heterocycles. The Morgan fingerprint density at radius 1 is 1.13 bits per heavy atom. The Hall–Kier alpha value is -3.44. The van der Waals surface area contributed by atoms with Gasteiger partial charge >= 0.3 is 0 Å². The summed E-state index contributed by atoms with van der Waals surface area (Å²) in [5.41, 5.74) is 1.55. The maximum atomic E-state index is 12.6. The topological polar surface area (TPSA) is 105 Å². The summed E-state index contributed by atoms with van der Waals surface area (Å²) in [6.07, 6.45) is 1.99. The SMILES string of the molecule is COCCOc1ccc(CNC(=O)CCC(=O)N(CCC#N)c2ccccc2)cn1. The number of methoxy groups -OCH3 is 1. The van der Waals surface area contributed by atoms with E-state index in [4.69, 9.17) is 14.7 Å². The first-order chi connectivity index (χ1) is 14.6. The number of pyridine rings is 1. The van der Waals surface area contributed by atoms with Crippen molar-refractivity contribution < 1.29 is 19.1 Å². The molecule has 0 aliphatic rings. The summed E-state index contributed by atoms with van der Waals surface area (Å²) in [6, 6.07) is 14.7. The molecule has 0 radical (unpaired) electrons. The van der Waals surface area contributed by atoms with E-state index < -0.39 is 0 Å². The molecule has 0 bridgehead atoms. The fraction of sp³-hybridized carbons (Fsp3) is 0.364. The van der Waals surface area contributed by atoms with Gasteiger partial charge in [0.2, 0.25) is 17.7 Å². The largest absolute Gasteiger partial charge is 0.475 e. The molecular formula is C22H26N4O4. The van der Waals surface area contributed by atoms with Gasteiger partial charge in [-0.05, 0) is 17.7 Å². The van der Waals surface area contributed by atoms with Crippen molar-refractivity contribution in [3.8, 4) is 11.9 Å². The van der Waals surface area contributed by atoms with Crippen LogP contribution in [0.4, 0.5) is 5.69 Å². The highest BCUT2D eigenvalue weighted by Crippen LogP contribution is 2.15. The molecule has 0 fully saturated rings. The third-order valence-electron chi connectivity index (χ3n) is 4.21. The number of amides is 2. The van der Waals surface area contributed by atoms with Gasteiger partial charge in [0.25, 0.3) is 0 Å². The van der Waals surface area contributed by atoms with Crippen LogP contribution < -0.4 is 15.0 Å². The van der Waals surface area contributed by atoms with Gasteiger partial charge in [-0.25, -0.2) is 4.98 Å². The smallest absolute Gasteiger partial charge is 0.227 e. The van der Waals surface area contributed by atoms with Crippen molar-refractivity contribution >= 4 is 17.5 Å². The summed E-state index contributed by atoms with van der Waals surface area (Å²) < 4.78 is 10.3. The van der Waals surface area contributed by atoms with Crippen LogP contribution in [-0.4, -0.2) is 43.7 Å². The minimum Gasteiger partial charge on any atom is -0.475 e. The van der Waals surface area contributed by atoms with Gasteiger partial charge in [0.1, 0.15) is 6.61 Å². The first kappa shape index (κ1) is 22.8. The van der Waals surface area contributed by atoms with E-state index in [9.17, 15) is 9.59 Å². The van der Waals surface area contributed by atoms with E-state index in [1.54, 1.807) is 24.3 Å². The number of aromatic nitrogens is 1. The molecule has 2 aromatic rings. The van der Waals surface area contributed by atoms with E-state index in [1.807, 2.05) is 42.5 Å². The van der Waals surface area contributed by atoms with Crippen LogP contribution in [0.15, 0.2) is 48.7 Å². The summed E-state index contributed by atoms with van der Waals surface area (Å²) in [4.78, 5) is 30.4. The summed E-state index contributed by atoms with van der Waals surface area (Å²) in [5, 5.41) is 11.6. The average molecular weight is 410 g/mol. The van der Waals surface area contributed by atoms with Crippen LogP contribution in [0, 0.1) is 11.3 Å². The number of ether oxygens (including phenoxy) is 2. The third kappa shape index (κ3) is 7.89. The van der Waals surface area contributed by atoms with Crippen LogP contribution in [0.2, 0.25) is 0 Å². The number of hydrogen-bond donors (Lipinski definition) is 1. The van der Waals surface area contributed by atoms with Crippen LogP contribution in [0.1, 0.15) is 24.8 Å². The quantitative estimate of drug-likeness (QED) is 0.539. The molecule has 0 aliphatic heterocycles. The van der Waals surface area contributed by atoms with Gasteiger partial charge < -0.3 is 19.7 Å². The van der Waals surface area contributed by atoms with Crippen molar-refractivity contribution in [2.45, 2.75) is 25.8 Å². The molecule has 8 heteroatoms. The monoisotopic (exact) mass is 410 g/mol. The Morgan fingerprint density at radius 2 is 1.93 bits per heavy atom. The molecular weight excluding hydrogens is 384 g/mol. The zero-order chi connectivity index (χ0) is 21.6. The number of nitrogens with zero attached hydrogens (tertiary/aromatic N) is 3. The lowest BCUT2D eigenvalue weighted by Gasteiger charge is -2.21. The molecule has 30 heavy (non-hydrogen) atoms. The lowest BCUT2D eigenvalue weighted by Crippen LogP contribution is -2.33. The molecule has 0 saturated carbocycles. The number of hydrogen-bond acceptors (Lipinski definition) is 6. The summed E-state index contributed by atoms with van der Waals surface area (Å²) >= 11 is 0. The molecule has 2 amide bonds. The van der Waals surface area contributed by atoms with Crippen LogP contribution in [0.25, 0.3) is 0 Å². The standard InChI is InChI=1S/C22H26N4O4/c1-29-14-15-30-21-10-8-18(17-25-21)16-24-20(27)9-11-22(28)26(13-5-12-23)19-6-3-2-4-7-19/h2-4,6-8,10,17H,5,9,11,13-16H2,1H3,(H,24,27). The fourth-order valence-electron chi connectivity index (χ4n) is 2.64. The number of anilines is 1. The fourth-order valence-corrected chi connectivity index (χ4v) is 2.64. The Labute approximate surface area is 176 Å². The lowest BCUT2D eigenvalue weighted by atomic mass is 10.2. The predicted molar refractivity (Wildman–Crippen MR) is 112 cm³/mol. The van der Waals surface area contributed by atoms with Crippen molar-refractivity contribution in [3.63, 3.8) is 0 Å². The number of carbonyl (C=O) groups excluding carboxylic acids is 2. The second kappa shape index (κ2) is 12.9. The third-order valence-corrected chi connectivity index (χ3v) is 4.21. The molecule has 0 unspecified atom stereocenters. The van der Waals surface area contributed by atoms with E-state index in [-0.39, 0.29) is 31.1 Å². The molecule has 2 rings (SSSR count). The van der Waals surface area contributed by atoms with Gasteiger partial charge in [0, 0.05) is 51.0 Å². The van der Waals surface area contributed by atoms with Gasteiger partial charge in [0.05, 0.1) is 19.1 Å². The van der Waals surface area contributed by atoms with Crippen LogP contribution >= 0.6 is 0 Å². The van der Waals surface area contributed by atoms with Gasteiger partial charge in [-0.1, -0.05) is 24.3 Å². The molecule has 1 heterocycles. The minimum absolute atomic E-state index is 0.0662. The summed E-state index contributed by atoms with van der Waals surface area (Å²) in [6.45, 7) is 1.51. The van der Waals surface area contributed by atoms with E-state index >= 15 is 0 Å². The van der Waals surface area contributed by atoms with Crippen molar-refractivity contribution in [3.05, 3.63) is 54.2 Å². The van der Waals surface area contributed by atoms with Crippen LogP contribution in [0.5, 0.6) is 5.88 Å². The summed E-state index contributed by atoms with van der Waals surface area (Å²) in [7, 11) is 1.60. The second-order valence-corrected chi connectivity index (χ2v) is 6.41. The summed E-state index contributed by atoms with van der Waals surface area (Å²) in [5.74, 6) is 0.0778. The number of nitriles is 1. The van der Waals surface area contributed by atoms with Gasteiger partial charge in [-0.3, -0.25) is 9.59 Å². The van der Waals surface area contributed by atoms with E-state index in [1.165, 1.54) is 0 Å². The zero-order valence-corrected chi connectivity index (χ0v) is 17.0. The number of benzene rings is 1. The average Bonchev–Trinajstić information content (AvgIpc) is 2.78.